The number of aryl methyl sites for hydroxylation is 1. The Kier molecular flexibility index (Phi) is 4.58. The van der Waals surface area contributed by atoms with Crippen molar-refractivity contribution < 1.29 is 14.0 Å². The minimum atomic E-state index is -1.13. The van der Waals surface area contributed by atoms with Crippen LogP contribution < -0.4 is 5.32 Å². The Morgan fingerprint density at radius 3 is 2.68 bits per heavy atom. The molecule has 5 rings (SSSR count). The number of benzene rings is 2. The van der Waals surface area contributed by atoms with Crippen LogP contribution in [-0.4, -0.2) is 29.1 Å². The van der Waals surface area contributed by atoms with Gasteiger partial charge in [-0.2, -0.15) is 0 Å². The number of rotatable bonds is 4. The highest BCUT2D eigenvalue weighted by atomic mass is 19.1. The van der Waals surface area contributed by atoms with Crippen LogP contribution in [0, 0.1) is 18.7 Å². The maximum atomic E-state index is 15.4. The molecule has 0 bridgehead atoms. The van der Waals surface area contributed by atoms with Gasteiger partial charge in [-0.15, -0.1) is 0 Å². The molecular formula is C26H25FN2O2. The number of fused-ring (bicyclic) bond motifs is 5. The van der Waals surface area contributed by atoms with E-state index in [0.29, 0.717) is 12.1 Å². The quantitative estimate of drug-likeness (QED) is 0.791. The first-order valence-corrected chi connectivity index (χ1v) is 10.9. The number of carbonyl (C=O) groups excluding carboxylic acids is 2. The minimum absolute atomic E-state index is 0.110. The third-order valence-corrected chi connectivity index (χ3v) is 6.73. The molecule has 0 amide bonds. The number of hydrogen-bond donors (Lipinski definition) is 1. The summed E-state index contributed by atoms with van der Waals surface area (Å²) in [6, 6.07) is 12.1. The highest BCUT2D eigenvalue weighted by Gasteiger charge is 2.60. The van der Waals surface area contributed by atoms with E-state index in [4.69, 9.17) is 0 Å². The van der Waals surface area contributed by atoms with Crippen molar-refractivity contribution in [1.29, 1.82) is 0 Å². The van der Waals surface area contributed by atoms with Crippen LogP contribution in [0.2, 0.25) is 0 Å². The molecule has 0 saturated heterocycles. The molecule has 31 heavy (non-hydrogen) atoms. The highest BCUT2D eigenvalue weighted by Crippen LogP contribution is 2.57. The number of halogens is 1. The van der Waals surface area contributed by atoms with Crippen molar-refractivity contribution in [3.05, 3.63) is 83.3 Å². The molecule has 2 aromatic carbocycles. The highest BCUT2D eigenvalue weighted by molar-refractivity contribution is 6.12. The van der Waals surface area contributed by atoms with Gasteiger partial charge in [0.05, 0.1) is 5.92 Å². The third-order valence-electron chi connectivity index (χ3n) is 6.73. The molecule has 0 radical (unpaired) electrons. The fraction of sp³-hybridized carbons (Fsp3) is 0.308. The van der Waals surface area contributed by atoms with Gasteiger partial charge in [0.1, 0.15) is 17.4 Å². The van der Waals surface area contributed by atoms with Crippen LogP contribution in [0.5, 0.6) is 0 Å². The Labute approximate surface area is 181 Å². The second kappa shape index (κ2) is 7.19. The topological polar surface area (TPSA) is 49.4 Å². The molecule has 3 aliphatic rings. The van der Waals surface area contributed by atoms with Gasteiger partial charge in [0.15, 0.2) is 11.6 Å². The Morgan fingerprint density at radius 1 is 1.10 bits per heavy atom. The SMILES string of the molecule is CCCCN1C=C2c3ccccc3NC2(c2cc(C)ccc2F)[C@@H]2C(=O)C=CC(=O)[C@@H]21. The van der Waals surface area contributed by atoms with E-state index in [2.05, 4.69) is 12.2 Å². The number of unbranched alkanes of at least 4 members (excludes halogenated alkanes) is 1. The van der Waals surface area contributed by atoms with Crippen molar-refractivity contribution >= 4 is 22.8 Å². The number of anilines is 1. The zero-order chi connectivity index (χ0) is 21.8. The molecule has 4 nitrogen and oxygen atoms in total. The Hall–Kier alpha value is -3.21. The van der Waals surface area contributed by atoms with Crippen LogP contribution in [-0.2, 0) is 15.1 Å². The van der Waals surface area contributed by atoms with Gasteiger partial charge in [-0.25, -0.2) is 4.39 Å². The van der Waals surface area contributed by atoms with Gasteiger partial charge in [-0.3, -0.25) is 9.59 Å². The van der Waals surface area contributed by atoms with Crippen molar-refractivity contribution in [2.45, 2.75) is 38.3 Å². The van der Waals surface area contributed by atoms with Crippen LogP contribution in [0.4, 0.5) is 10.1 Å². The molecule has 2 heterocycles. The fourth-order valence-electron chi connectivity index (χ4n) is 5.34. The third kappa shape index (κ3) is 2.79. The summed E-state index contributed by atoms with van der Waals surface area (Å²) in [5, 5.41) is 3.52. The van der Waals surface area contributed by atoms with Crippen LogP contribution in [0.15, 0.2) is 60.8 Å². The predicted octanol–water partition coefficient (Wildman–Crippen LogP) is 4.60. The summed E-state index contributed by atoms with van der Waals surface area (Å²) < 4.78 is 15.4. The largest absolute Gasteiger partial charge is 0.370 e. The monoisotopic (exact) mass is 416 g/mol. The summed E-state index contributed by atoms with van der Waals surface area (Å²) in [7, 11) is 0. The minimum Gasteiger partial charge on any atom is -0.370 e. The standard InChI is InChI=1S/C26H25FN2O2/c1-3-4-13-29-15-19-17-7-5-6-8-21(17)28-26(19,18-14-16(2)9-10-20(18)27)24-22(30)11-12-23(31)25(24)29/h5-12,14-15,24-25,28H,3-4,13H2,1-2H3/t24-,25+,26?/m1/s1. The van der Waals surface area contributed by atoms with E-state index in [1.807, 2.05) is 42.3 Å². The summed E-state index contributed by atoms with van der Waals surface area (Å²) >= 11 is 0. The zero-order valence-corrected chi connectivity index (χ0v) is 17.7. The molecule has 0 aromatic heterocycles. The van der Waals surface area contributed by atoms with Gasteiger partial charge in [0.2, 0.25) is 0 Å². The van der Waals surface area contributed by atoms with Crippen molar-refractivity contribution in [2.24, 2.45) is 5.92 Å². The van der Waals surface area contributed by atoms with E-state index in [1.165, 1.54) is 18.2 Å². The normalized spacial score (nSPS) is 26.2. The number of nitrogens with zero attached hydrogens (tertiary/aromatic N) is 1. The molecule has 5 heteroatoms. The summed E-state index contributed by atoms with van der Waals surface area (Å²) in [5.74, 6) is -1.41. The number of nitrogens with one attached hydrogen (secondary N) is 1. The smallest absolute Gasteiger partial charge is 0.179 e. The average molecular weight is 416 g/mol. The summed E-state index contributed by atoms with van der Waals surface area (Å²) in [4.78, 5) is 28.5. The molecule has 2 aromatic rings. The van der Waals surface area contributed by atoms with E-state index in [1.54, 1.807) is 12.1 Å². The second-order valence-corrected chi connectivity index (χ2v) is 8.66. The van der Waals surface area contributed by atoms with E-state index in [-0.39, 0.29) is 17.4 Å². The molecule has 1 unspecified atom stereocenters. The van der Waals surface area contributed by atoms with E-state index in [9.17, 15) is 9.59 Å². The van der Waals surface area contributed by atoms with Crippen molar-refractivity contribution in [3.63, 3.8) is 0 Å². The Balaban J connectivity index is 1.83. The molecule has 0 saturated carbocycles. The van der Waals surface area contributed by atoms with Crippen LogP contribution in [0.1, 0.15) is 36.5 Å². The van der Waals surface area contributed by atoms with Gasteiger partial charge in [0, 0.05) is 35.1 Å². The van der Waals surface area contributed by atoms with Gasteiger partial charge in [0.25, 0.3) is 0 Å². The van der Waals surface area contributed by atoms with Crippen molar-refractivity contribution in [1.82, 2.24) is 4.90 Å². The number of hydrogen-bond acceptors (Lipinski definition) is 4. The molecule has 3 atom stereocenters. The molecular weight excluding hydrogens is 391 g/mol. The van der Waals surface area contributed by atoms with Crippen molar-refractivity contribution in [3.8, 4) is 0 Å². The summed E-state index contributed by atoms with van der Waals surface area (Å²) in [5.41, 5.74) is 2.82. The average Bonchev–Trinajstić information content (AvgIpc) is 3.10. The maximum Gasteiger partial charge on any atom is 0.179 e. The molecule has 1 aliphatic carbocycles. The van der Waals surface area contributed by atoms with E-state index in [0.717, 1.165) is 35.2 Å². The number of ketones is 2. The van der Waals surface area contributed by atoms with Crippen LogP contribution in [0.25, 0.3) is 5.57 Å². The molecule has 1 N–H and O–H groups in total. The summed E-state index contributed by atoms with van der Waals surface area (Å²) in [6.45, 7) is 4.68. The predicted molar refractivity (Wildman–Crippen MR) is 119 cm³/mol. The zero-order valence-electron chi connectivity index (χ0n) is 17.7. The van der Waals surface area contributed by atoms with E-state index >= 15 is 4.39 Å². The van der Waals surface area contributed by atoms with Gasteiger partial charge < -0.3 is 10.2 Å². The Morgan fingerprint density at radius 2 is 1.87 bits per heavy atom. The fourth-order valence-corrected chi connectivity index (χ4v) is 5.34. The van der Waals surface area contributed by atoms with E-state index < -0.39 is 17.5 Å². The van der Waals surface area contributed by atoms with Crippen LogP contribution in [0.3, 0.4) is 0 Å². The first-order valence-electron chi connectivity index (χ1n) is 10.9. The van der Waals surface area contributed by atoms with Gasteiger partial charge in [-0.05, 0) is 37.6 Å². The van der Waals surface area contributed by atoms with Crippen molar-refractivity contribution in [2.75, 3.05) is 11.9 Å². The van der Waals surface area contributed by atoms with Crippen LogP contribution >= 0.6 is 0 Å². The summed E-state index contributed by atoms with van der Waals surface area (Å²) in [6.07, 6.45) is 6.61. The lowest BCUT2D eigenvalue weighted by Gasteiger charge is -2.50. The maximum absolute atomic E-state index is 15.4. The first kappa shape index (κ1) is 19.7. The molecule has 0 spiro atoms. The lowest BCUT2D eigenvalue weighted by molar-refractivity contribution is -0.131. The first-order chi connectivity index (χ1) is 15.0. The lowest BCUT2D eigenvalue weighted by Crippen LogP contribution is -2.61. The molecule has 2 aliphatic heterocycles. The number of para-hydroxylation sites is 1. The lowest BCUT2D eigenvalue weighted by atomic mass is 9.63. The number of allylic oxidation sites excluding steroid dienone is 1. The second-order valence-electron chi connectivity index (χ2n) is 8.66. The van der Waals surface area contributed by atoms with Gasteiger partial charge >= 0.3 is 0 Å². The van der Waals surface area contributed by atoms with Gasteiger partial charge in [-0.1, -0.05) is 49.2 Å². The molecule has 158 valence electrons. The Bertz CT molecular complexity index is 1150. The number of carbonyl (C=O) groups is 2. The molecule has 0 fully saturated rings.